The van der Waals surface area contributed by atoms with E-state index in [1.807, 2.05) is 0 Å². The first-order chi connectivity index (χ1) is 9.62. The first-order valence-electron chi connectivity index (χ1n) is 6.34. The summed E-state index contributed by atoms with van der Waals surface area (Å²) in [6.45, 7) is 2.40. The van der Waals surface area contributed by atoms with Crippen molar-refractivity contribution in [1.82, 2.24) is 8.61 Å². The molecular formula is C12H17ClN2O4S2. The molecule has 0 aromatic heterocycles. The average Bonchev–Trinajstić information content (AvgIpc) is 2.41. The largest absolute Gasteiger partial charge is 0.243 e. The van der Waals surface area contributed by atoms with Gasteiger partial charge in [0.15, 0.2) is 0 Å². The summed E-state index contributed by atoms with van der Waals surface area (Å²) in [6.07, 6.45) is 1.12. The van der Waals surface area contributed by atoms with Crippen LogP contribution in [0.15, 0.2) is 23.1 Å². The van der Waals surface area contributed by atoms with E-state index in [4.69, 9.17) is 11.6 Å². The summed E-state index contributed by atoms with van der Waals surface area (Å²) >= 11 is 5.97. The lowest BCUT2D eigenvalue weighted by Gasteiger charge is -2.32. The minimum Gasteiger partial charge on any atom is -0.213 e. The van der Waals surface area contributed by atoms with Crippen molar-refractivity contribution in [3.63, 3.8) is 0 Å². The monoisotopic (exact) mass is 352 g/mol. The summed E-state index contributed by atoms with van der Waals surface area (Å²) in [5.41, 5.74) is 0.803. The zero-order valence-electron chi connectivity index (χ0n) is 11.8. The maximum atomic E-state index is 12.5. The number of hydrogen-bond donors (Lipinski definition) is 0. The molecule has 118 valence electrons. The average molecular weight is 353 g/mol. The standard InChI is InChI=1S/C12H17ClN2O4S2/c1-10-3-4-11(9-12(10)13)21(18,19)15-7-5-14(6-8-15)20(2,16)17/h3-4,9H,5-8H2,1-2H3. The van der Waals surface area contributed by atoms with Crippen LogP contribution in [0.1, 0.15) is 5.56 Å². The van der Waals surface area contributed by atoms with E-state index < -0.39 is 20.0 Å². The summed E-state index contributed by atoms with van der Waals surface area (Å²) in [6, 6.07) is 4.59. The molecule has 0 amide bonds. The van der Waals surface area contributed by atoms with Crippen molar-refractivity contribution in [3.8, 4) is 0 Å². The summed E-state index contributed by atoms with van der Waals surface area (Å²) in [5.74, 6) is 0. The molecule has 0 bridgehead atoms. The van der Waals surface area contributed by atoms with E-state index in [1.165, 1.54) is 20.7 Å². The fourth-order valence-electron chi connectivity index (χ4n) is 2.12. The van der Waals surface area contributed by atoms with Gasteiger partial charge in [0.25, 0.3) is 0 Å². The molecule has 1 aliphatic heterocycles. The Morgan fingerprint density at radius 2 is 1.52 bits per heavy atom. The van der Waals surface area contributed by atoms with Gasteiger partial charge in [-0.2, -0.15) is 8.61 Å². The van der Waals surface area contributed by atoms with Gasteiger partial charge >= 0.3 is 0 Å². The van der Waals surface area contributed by atoms with Gasteiger partial charge in [-0.1, -0.05) is 17.7 Å². The fraction of sp³-hybridized carbons (Fsp3) is 0.500. The van der Waals surface area contributed by atoms with Crippen LogP contribution in [0.2, 0.25) is 5.02 Å². The first-order valence-corrected chi connectivity index (χ1v) is 10.0. The van der Waals surface area contributed by atoms with Crippen LogP contribution in [-0.2, 0) is 20.0 Å². The van der Waals surface area contributed by atoms with Gasteiger partial charge in [0.05, 0.1) is 11.2 Å². The van der Waals surface area contributed by atoms with Gasteiger partial charge in [0.2, 0.25) is 20.0 Å². The second-order valence-corrected chi connectivity index (χ2v) is 9.30. The van der Waals surface area contributed by atoms with Gasteiger partial charge in [0, 0.05) is 31.2 Å². The molecule has 2 rings (SSSR count). The summed E-state index contributed by atoms with van der Waals surface area (Å²) in [5, 5.41) is 0.394. The molecule has 0 saturated carbocycles. The molecule has 21 heavy (non-hydrogen) atoms. The Kier molecular flexibility index (Phi) is 4.65. The van der Waals surface area contributed by atoms with Gasteiger partial charge in [-0.3, -0.25) is 0 Å². The molecule has 1 aliphatic rings. The lowest BCUT2D eigenvalue weighted by molar-refractivity contribution is 0.274. The normalized spacial score (nSPS) is 18.8. The number of benzene rings is 1. The van der Waals surface area contributed by atoms with Gasteiger partial charge in [-0.25, -0.2) is 16.8 Å². The molecule has 1 fully saturated rings. The van der Waals surface area contributed by atoms with Crippen LogP contribution in [0.5, 0.6) is 0 Å². The van der Waals surface area contributed by atoms with Crippen LogP contribution in [0.25, 0.3) is 0 Å². The number of halogens is 1. The van der Waals surface area contributed by atoms with Gasteiger partial charge in [-0.05, 0) is 24.6 Å². The number of aryl methyl sites for hydroxylation is 1. The third kappa shape index (κ3) is 3.57. The van der Waals surface area contributed by atoms with Crippen LogP contribution in [-0.4, -0.2) is 57.9 Å². The van der Waals surface area contributed by atoms with E-state index in [9.17, 15) is 16.8 Å². The van der Waals surface area contributed by atoms with Crippen molar-refractivity contribution in [1.29, 1.82) is 0 Å². The predicted molar refractivity (Wildman–Crippen MR) is 81.4 cm³/mol. The van der Waals surface area contributed by atoms with Gasteiger partial charge in [0.1, 0.15) is 0 Å². The maximum absolute atomic E-state index is 12.5. The van der Waals surface area contributed by atoms with Crippen LogP contribution >= 0.6 is 11.6 Å². The minimum absolute atomic E-state index is 0.130. The Hall–Kier alpha value is -0.670. The Labute approximate surface area is 130 Å². The molecule has 0 atom stereocenters. The van der Waals surface area contributed by atoms with Crippen LogP contribution in [0.3, 0.4) is 0 Å². The summed E-state index contributed by atoms with van der Waals surface area (Å²) in [4.78, 5) is 0.130. The van der Waals surface area contributed by atoms with Crippen molar-refractivity contribution in [2.45, 2.75) is 11.8 Å². The van der Waals surface area contributed by atoms with Crippen LogP contribution in [0.4, 0.5) is 0 Å². The Morgan fingerprint density at radius 3 is 2.00 bits per heavy atom. The van der Waals surface area contributed by atoms with E-state index in [2.05, 4.69) is 0 Å². The van der Waals surface area contributed by atoms with Crippen molar-refractivity contribution in [2.75, 3.05) is 32.4 Å². The quantitative estimate of drug-likeness (QED) is 0.810. The SMILES string of the molecule is Cc1ccc(S(=O)(=O)N2CCN(S(C)(=O)=O)CC2)cc1Cl. The van der Waals surface area contributed by atoms with E-state index in [1.54, 1.807) is 13.0 Å². The Bertz CT molecular complexity index is 739. The molecule has 1 saturated heterocycles. The zero-order chi connectivity index (χ0) is 15.8. The van der Waals surface area contributed by atoms with Crippen molar-refractivity contribution >= 4 is 31.6 Å². The molecule has 0 N–H and O–H groups in total. The topological polar surface area (TPSA) is 74.8 Å². The van der Waals surface area contributed by atoms with E-state index in [0.717, 1.165) is 11.8 Å². The molecule has 0 spiro atoms. The highest BCUT2D eigenvalue weighted by Gasteiger charge is 2.31. The number of nitrogens with zero attached hydrogens (tertiary/aromatic N) is 2. The van der Waals surface area contributed by atoms with Crippen LogP contribution < -0.4 is 0 Å². The zero-order valence-corrected chi connectivity index (χ0v) is 14.2. The summed E-state index contributed by atoms with van der Waals surface area (Å²) < 4.78 is 50.4. The molecule has 0 aliphatic carbocycles. The molecular weight excluding hydrogens is 336 g/mol. The molecule has 1 heterocycles. The number of sulfonamides is 2. The van der Waals surface area contributed by atoms with E-state index in [-0.39, 0.29) is 31.1 Å². The Balaban J connectivity index is 2.20. The molecule has 0 unspecified atom stereocenters. The second-order valence-electron chi connectivity index (χ2n) is 4.98. The van der Waals surface area contributed by atoms with Gasteiger partial charge < -0.3 is 0 Å². The van der Waals surface area contributed by atoms with Crippen LogP contribution in [0, 0.1) is 6.92 Å². The third-order valence-electron chi connectivity index (χ3n) is 3.45. The minimum atomic E-state index is -3.64. The maximum Gasteiger partial charge on any atom is 0.243 e. The molecule has 9 heteroatoms. The highest BCUT2D eigenvalue weighted by molar-refractivity contribution is 7.89. The van der Waals surface area contributed by atoms with Crippen molar-refractivity contribution < 1.29 is 16.8 Å². The lowest BCUT2D eigenvalue weighted by Crippen LogP contribution is -2.50. The fourth-order valence-corrected chi connectivity index (χ4v) is 4.65. The lowest BCUT2D eigenvalue weighted by atomic mass is 10.2. The molecule has 6 nitrogen and oxygen atoms in total. The highest BCUT2D eigenvalue weighted by Crippen LogP contribution is 2.23. The molecule has 1 aromatic carbocycles. The summed E-state index contributed by atoms with van der Waals surface area (Å²) in [7, 11) is -6.92. The van der Waals surface area contributed by atoms with Gasteiger partial charge in [-0.15, -0.1) is 0 Å². The second kappa shape index (κ2) is 5.85. The number of piperazine rings is 1. The number of rotatable bonds is 3. The predicted octanol–water partition coefficient (Wildman–Crippen LogP) is 0.914. The number of hydrogen-bond acceptors (Lipinski definition) is 4. The molecule has 0 radical (unpaired) electrons. The van der Waals surface area contributed by atoms with E-state index >= 15 is 0 Å². The smallest absolute Gasteiger partial charge is 0.213 e. The van der Waals surface area contributed by atoms with Crippen molar-refractivity contribution in [3.05, 3.63) is 28.8 Å². The Morgan fingerprint density at radius 1 is 1.00 bits per heavy atom. The van der Waals surface area contributed by atoms with Crippen molar-refractivity contribution in [2.24, 2.45) is 0 Å². The third-order valence-corrected chi connectivity index (χ3v) is 7.05. The first kappa shape index (κ1) is 16.7. The molecule has 1 aromatic rings. The van der Waals surface area contributed by atoms with E-state index in [0.29, 0.717) is 5.02 Å². The highest BCUT2D eigenvalue weighted by atomic mass is 35.5.